The van der Waals surface area contributed by atoms with Crippen molar-refractivity contribution in [2.45, 2.75) is 19.9 Å². The predicted molar refractivity (Wildman–Crippen MR) is 99.9 cm³/mol. The molecule has 0 bridgehead atoms. The second-order valence-electron chi connectivity index (χ2n) is 6.79. The molecule has 0 amide bonds. The van der Waals surface area contributed by atoms with Crippen LogP contribution in [0.25, 0.3) is 11.3 Å². The molecule has 0 aliphatic carbocycles. The van der Waals surface area contributed by atoms with Gasteiger partial charge in [0.2, 0.25) is 0 Å². The quantitative estimate of drug-likeness (QED) is 0.888. The van der Waals surface area contributed by atoms with Gasteiger partial charge in [0.25, 0.3) is 0 Å². The number of phenols is 1. The smallest absolute Gasteiger partial charge is 0.170 e. The summed E-state index contributed by atoms with van der Waals surface area (Å²) in [7, 11) is 4.95. The predicted octanol–water partition coefficient (Wildman–Crippen LogP) is 2.26. The van der Waals surface area contributed by atoms with Crippen LogP contribution in [0.1, 0.15) is 29.2 Å². The van der Waals surface area contributed by atoms with E-state index in [-0.39, 0.29) is 5.75 Å². The van der Waals surface area contributed by atoms with Crippen LogP contribution in [0.4, 0.5) is 0 Å². The molecule has 0 fully saturated rings. The standard InChI is InChI=1S/C21H23NO4/c1-12-14-5-6-18(24-2)21(26-4)16(14)11-22-8-7-13-9-17(23)19(25-3)10-15(13)20(12)22/h5-6,9-10,23H,7-8,11H2,1-4H3/p+1. The average Bonchev–Trinajstić information content (AvgIpc) is 2.66. The Kier molecular flexibility index (Phi) is 4.04. The van der Waals surface area contributed by atoms with E-state index in [4.69, 9.17) is 14.2 Å². The van der Waals surface area contributed by atoms with Crippen molar-refractivity contribution in [3.05, 3.63) is 46.5 Å². The van der Waals surface area contributed by atoms with Gasteiger partial charge in [-0.15, -0.1) is 0 Å². The van der Waals surface area contributed by atoms with Gasteiger partial charge in [-0.3, -0.25) is 4.90 Å². The van der Waals surface area contributed by atoms with Crippen LogP contribution in [0.5, 0.6) is 23.0 Å². The molecule has 4 rings (SSSR count). The molecule has 136 valence electrons. The van der Waals surface area contributed by atoms with Crippen molar-refractivity contribution in [3.63, 3.8) is 0 Å². The number of quaternary nitrogens is 1. The summed E-state index contributed by atoms with van der Waals surface area (Å²) in [5, 5.41) is 10.1. The van der Waals surface area contributed by atoms with Crippen LogP contribution < -0.4 is 19.1 Å². The molecule has 0 saturated carbocycles. The topological polar surface area (TPSA) is 52.4 Å². The zero-order valence-corrected chi connectivity index (χ0v) is 15.6. The zero-order valence-electron chi connectivity index (χ0n) is 15.6. The summed E-state index contributed by atoms with van der Waals surface area (Å²) in [6.07, 6.45) is 0.917. The van der Waals surface area contributed by atoms with Gasteiger partial charge >= 0.3 is 0 Å². The van der Waals surface area contributed by atoms with Crippen molar-refractivity contribution < 1.29 is 24.2 Å². The highest BCUT2D eigenvalue weighted by molar-refractivity contribution is 5.90. The van der Waals surface area contributed by atoms with Crippen molar-refractivity contribution in [1.82, 2.24) is 0 Å². The number of hydrogen-bond donors (Lipinski definition) is 2. The molecule has 0 radical (unpaired) electrons. The van der Waals surface area contributed by atoms with Gasteiger partial charge < -0.3 is 19.3 Å². The highest BCUT2D eigenvalue weighted by Gasteiger charge is 2.36. The summed E-state index contributed by atoms with van der Waals surface area (Å²) < 4.78 is 16.5. The molecule has 0 saturated heterocycles. The summed E-state index contributed by atoms with van der Waals surface area (Å²) in [4.78, 5) is 1.40. The van der Waals surface area contributed by atoms with E-state index in [0.717, 1.165) is 31.0 Å². The molecule has 5 nitrogen and oxygen atoms in total. The third-order valence-corrected chi connectivity index (χ3v) is 5.54. The number of allylic oxidation sites excluding steroid dienone is 1. The second-order valence-corrected chi connectivity index (χ2v) is 6.79. The summed E-state index contributed by atoms with van der Waals surface area (Å²) in [6.45, 7) is 3.99. The van der Waals surface area contributed by atoms with Gasteiger partial charge in [-0.2, -0.15) is 0 Å². The summed E-state index contributed by atoms with van der Waals surface area (Å²) in [5.41, 5.74) is 7.24. The van der Waals surface area contributed by atoms with Crippen LogP contribution in [0.2, 0.25) is 0 Å². The fourth-order valence-corrected chi connectivity index (χ4v) is 4.33. The first-order valence-corrected chi connectivity index (χ1v) is 8.79. The number of hydrogen-bond acceptors (Lipinski definition) is 4. The van der Waals surface area contributed by atoms with Gasteiger partial charge in [-0.25, -0.2) is 0 Å². The first-order valence-electron chi connectivity index (χ1n) is 8.79. The van der Waals surface area contributed by atoms with Crippen LogP contribution in [0.15, 0.2) is 24.3 Å². The van der Waals surface area contributed by atoms with Gasteiger partial charge in [0.15, 0.2) is 23.0 Å². The third kappa shape index (κ3) is 2.35. The van der Waals surface area contributed by atoms with Crippen molar-refractivity contribution in [1.29, 1.82) is 0 Å². The number of phenolic OH excluding ortho intramolecular Hbond substituents is 1. The maximum Gasteiger partial charge on any atom is 0.170 e. The van der Waals surface area contributed by atoms with E-state index in [1.165, 1.54) is 38.4 Å². The van der Waals surface area contributed by atoms with E-state index in [2.05, 4.69) is 13.0 Å². The van der Waals surface area contributed by atoms with E-state index in [1.54, 1.807) is 21.3 Å². The maximum atomic E-state index is 10.1. The molecule has 2 aliphatic rings. The lowest BCUT2D eigenvalue weighted by Crippen LogP contribution is -3.09. The second kappa shape index (κ2) is 6.25. The Bertz CT molecular complexity index is 917. The van der Waals surface area contributed by atoms with Gasteiger partial charge in [-0.05, 0) is 36.2 Å². The van der Waals surface area contributed by atoms with E-state index < -0.39 is 0 Å². The fraction of sp³-hybridized carbons (Fsp3) is 0.333. The Labute approximate surface area is 153 Å². The molecule has 2 heterocycles. The molecule has 2 aliphatic heterocycles. The van der Waals surface area contributed by atoms with Gasteiger partial charge in [0.1, 0.15) is 12.2 Å². The number of methoxy groups -OCH3 is 3. The minimum Gasteiger partial charge on any atom is -0.504 e. The molecule has 1 atom stereocenters. The molecule has 2 aromatic carbocycles. The number of aromatic hydroxyl groups is 1. The van der Waals surface area contributed by atoms with Crippen molar-refractivity contribution in [2.24, 2.45) is 0 Å². The van der Waals surface area contributed by atoms with Crippen LogP contribution in [-0.2, 0) is 13.0 Å². The van der Waals surface area contributed by atoms with Crippen molar-refractivity contribution in [2.75, 3.05) is 27.9 Å². The van der Waals surface area contributed by atoms with E-state index >= 15 is 0 Å². The average molecular weight is 354 g/mol. The summed E-state index contributed by atoms with van der Waals surface area (Å²) in [6, 6.07) is 7.89. The Morgan fingerprint density at radius 1 is 0.962 bits per heavy atom. The zero-order chi connectivity index (χ0) is 18.4. The summed E-state index contributed by atoms with van der Waals surface area (Å²) >= 11 is 0. The van der Waals surface area contributed by atoms with Crippen LogP contribution in [0, 0.1) is 0 Å². The highest BCUT2D eigenvalue weighted by Crippen LogP contribution is 2.41. The number of fused-ring (bicyclic) bond motifs is 4. The van der Waals surface area contributed by atoms with Gasteiger partial charge in [0, 0.05) is 17.6 Å². The van der Waals surface area contributed by atoms with Crippen molar-refractivity contribution >= 4 is 11.3 Å². The monoisotopic (exact) mass is 354 g/mol. The number of ether oxygens (including phenoxy) is 3. The Morgan fingerprint density at radius 3 is 2.42 bits per heavy atom. The molecule has 26 heavy (non-hydrogen) atoms. The molecule has 2 N–H and O–H groups in total. The lowest BCUT2D eigenvalue weighted by Gasteiger charge is -2.34. The number of nitrogens with one attached hydrogen (secondary N) is 1. The van der Waals surface area contributed by atoms with E-state index in [9.17, 15) is 5.11 Å². The number of benzene rings is 2. The molecular formula is C21H24NO4+. The van der Waals surface area contributed by atoms with Gasteiger partial charge in [-0.1, -0.05) is 6.07 Å². The fourth-order valence-electron chi connectivity index (χ4n) is 4.33. The molecular weight excluding hydrogens is 330 g/mol. The molecule has 0 spiro atoms. The third-order valence-electron chi connectivity index (χ3n) is 5.54. The molecule has 1 unspecified atom stereocenters. The lowest BCUT2D eigenvalue weighted by molar-refractivity contribution is -0.842. The van der Waals surface area contributed by atoms with Crippen LogP contribution in [-0.4, -0.2) is 33.0 Å². The highest BCUT2D eigenvalue weighted by atomic mass is 16.5. The normalized spacial score (nSPS) is 17.9. The molecule has 5 heteroatoms. The van der Waals surface area contributed by atoms with E-state index in [1.807, 2.05) is 18.2 Å². The molecule has 2 aromatic rings. The lowest BCUT2D eigenvalue weighted by atomic mass is 9.86. The first-order chi connectivity index (χ1) is 12.6. The Balaban J connectivity index is 1.94. The Morgan fingerprint density at radius 2 is 1.73 bits per heavy atom. The Hall–Kier alpha value is -2.66. The number of rotatable bonds is 3. The minimum atomic E-state index is 0.204. The SMILES string of the molecule is COc1cc2c(cc1O)CC[NH+]1Cc3c(ccc(OC)c3OC)C(C)=C21. The first kappa shape index (κ1) is 16.8. The van der Waals surface area contributed by atoms with Gasteiger partial charge in [0.05, 0.1) is 33.4 Å². The van der Waals surface area contributed by atoms with Crippen molar-refractivity contribution in [3.8, 4) is 23.0 Å². The maximum absolute atomic E-state index is 10.1. The van der Waals surface area contributed by atoms with Crippen LogP contribution in [0.3, 0.4) is 0 Å². The van der Waals surface area contributed by atoms with E-state index in [0.29, 0.717) is 5.75 Å². The molecule has 0 aromatic heterocycles. The summed E-state index contributed by atoms with van der Waals surface area (Å²) in [5.74, 6) is 2.31. The largest absolute Gasteiger partial charge is 0.504 e. The minimum absolute atomic E-state index is 0.204. The van der Waals surface area contributed by atoms with Crippen LogP contribution >= 0.6 is 0 Å².